The zero-order valence-electron chi connectivity index (χ0n) is 15.0. The third-order valence-electron chi connectivity index (χ3n) is 4.40. The molecule has 8 nitrogen and oxygen atoms in total. The summed E-state index contributed by atoms with van der Waals surface area (Å²) in [7, 11) is 0. The van der Waals surface area contributed by atoms with E-state index in [2.05, 4.69) is 10.6 Å². The lowest BCUT2D eigenvalue weighted by Crippen LogP contribution is -2.30. The molecule has 1 heterocycles. The number of nitrogens with one attached hydrogen (secondary N) is 2. The Morgan fingerprint density at radius 3 is 2.59 bits per heavy atom. The van der Waals surface area contributed by atoms with Crippen LogP contribution in [-0.2, 0) is 4.79 Å². The van der Waals surface area contributed by atoms with Crippen LogP contribution in [0.5, 0.6) is 5.75 Å². The number of ether oxygens (including phenoxy) is 1. The number of fused-ring (bicyclic) bond motifs is 1. The van der Waals surface area contributed by atoms with Crippen LogP contribution in [0, 0.1) is 10.1 Å². The van der Waals surface area contributed by atoms with E-state index in [-0.39, 0.29) is 17.2 Å². The van der Waals surface area contributed by atoms with Crippen LogP contribution in [0.15, 0.2) is 72.8 Å². The fourth-order valence-electron chi connectivity index (χ4n) is 3.00. The number of hydrogen-bond acceptors (Lipinski definition) is 5. The standard InChI is InChI=1S/C21H15N3O5/c25-20(14-7-4-8-16(11-14)24(27)28)22-15-9-10-18-17(12-15)23-21(26)19(29-18)13-5-2-1-3-6-13/h1-12,19H,(H,22,25)(H,23,26). The van der Waals surface area contributed by atoms with Crippen molar-refractivity contribution >= 4 is 28.9 Å². The number of rotatable bonds is 4. The van der Waals surface area contributed by atoms with Gasteiger partial charge in [0.05, 0.1) is 10.6 Å². The van der Waals surface area contributed by atoms with E-state index in [1.807, 2.05) is 30.3 Å². The number of carbonyl (C=O) groups is 2. The zero-order chi connectivity index (χ0) is 20.4. The first-order valence-corrected chi connectivity index (χ1v) is 8.73. The molecule has 0 spiro atoms. The van der Waals surface area contributed by atoms with E-state index in [1.54, 1.807) is 18.2 Å². The van der Waals surface area contributed by atoms with Gasteiger partial charge in [-0.2, -0.15) is 0 Å². The van der Waals surface area contributed by atoms with E-state index in [1.165, 1.54) is 24.3 Å². The van der Waals surface area contributed by atoms with Gasteiger partial charge in [0.2, 0.25) is 6.10 Å². The Morgan fingerprint density at radius 2 is 1.83 bits per heavy atom. The number of amides is 2. The molecule has 0 aliphatic carbocycles. The topological polar surface area (TPSA) is 111 Å². The first-order chi connectivity index (χ1) is 14.0. The van der Waals surface area contributed by atoms with Gasteiger partial charge in [0.1, 0.15) is 5.75 Å². The summed E-state index contributed by atoms with van der Waals surface area (Å²) in [4.78, 5) is 35.1. The molecule has 0 bridgehead atoms. The van der Waals surface area contributed by atoms with Gasteiger partial charge in [0.25, 0.3) is 17.5 Å². The molecule has 29 heavy (non-hydrogen) atoms. The van der Waals surface area contributed by atoms with Crippen molar-refractivity contribution in [1.29, 1.82) is 0 Å². The number of hydrogen-bond donors (Lipinski definition) is 2. The number of nitrogens with zero attached hydrogens (tertiary/aromatic N) is 1. The van der Waals surface area contributed by atoms with Gasteiger partial charge in [-0.25, -0.2) is 0 Å². The van der Waals surface area contributed by atoms with E-state index in [4.69, 9.17) is 4.74 Å². The monoisotopic (exact) mass is 389 g/mol. The summed E-state index contributed by atoms with van der Waals surface area (Å²) in [5.74, 6) is -0.337. The molecular formula is C21H15N3O5. The van der Waals surface area contributed by atoms with Gasteiger partial charge in [0.15, 0.2) is 0 Å². The lowest BCUT2D eigenvalue weighted by atomic mass is 10.1. The Hall–Kier alpha value is -4.20. The van der Waals surface area contributed by atoms with Crippen LogP contribution in [0.25, 0.3) is 0 Å². The molecule has 1 unspecified atom stereocenters. The van der Waals surface area contributed by atoms with Gasteiger partial charge >= 0.3 is 0 Å². The highest BCUT2D eigenvalue weighted by Gasteiger charge is 2.29. The minimum atomic E-state index is -0.756. The second-order valence-electron chi connectivity index (χ2n) is 6.37. The van der Waals surface area contributed by atoms with Crippen LogP contribution in [0.4, 0.5) is 17.1 Å². The van der Waals surface area contributed by atoms with Gasteiger partial charge in [-0.3, -0.25) is 19.7 Å². The average molecular weight is 389 g/mol. The van der Waals surface area contributed by atoms with Crippen molar-refractivity contribution < 1.29 is 19.2 Å². The minimum Gasteiger partial charge on any atom is -0.474 e. The van der Waals surface area contributed by atoms with Crippen molar-refractivity contribution in [2.24, 2.45) is 0 Å². The molecule has 1 aliphatic heterocycles. The maximum absolute atomic E-state index is 12.4. The number of anilines is 2. The fraction of sp³-hybridized carbons (Fsp3) is 0.0476. The van der Waals surface area contributed by atoms with Crippen molar-refractivity contribution in [3.05, 3.63) is 94.0 Å². The summed E-state index contributed by atoms with van der Waals surface area (Å²) < 4.78 is 5.82. The van der Waals surface area contributed by atoms with E-state index in [0.717, 1.165) is 5.56 Å². The van der Waals surface area contributed by atoms with Crippen LogP contribution >= 0.6 is 0 Å². The summed E-state index contributed by atoms with van der Waals surface area (Å²) in [6.45, 7) is 0. The van der Waals surface area contributed by atoms with Crippen molar-refractivity contribution in [1.82, 2.24) is 0 Å². The molecule has 4 rings (SSSR count). The normalized spacial score (nSPS) is 14.9. The third kappa shape index (κ3) is 3.77. The smallest absolute Gasteiger partial charge is 0.270 e. The molecule has 3 aromatic rings. The van der Waals surface area contributed by atoms with Crippen molar-refractivity contribution in [3.8, 4) is 5.75 Å². The summed E-state index contributed by atoms with van der Waals surface area (Å²) in [5.41, 5.74) is 1.57. The van der Waals surface area contributed by atoms with Crippen LogP contribution < -0.4 is 15.4 Å². The molecule has 1 aliphatic rings. The maximum Gasteiger partial charge on any atom is 0.270 e. The maximum atomic E-state index is 12.4. The SMILES string of the molecule is O=C(Nc1ccc2c(c1)NC(=O)C(c1ccccc1)O2)c1cccc([N+](=O)[O-])c1. The van der Waals surface area contributed by atoms with Crippen LogP contribution in [0.1, 0.15) is 22.0 Å². The first-order valence-electron chi connectivity index (χ1n) is 8.73. The Bertz CT molecular complexity index is 1110. The van der Waals surface area contributed by atoms with Crippen molar-refractivity contribution in [2.75, 3.05) is 10.6 Å². The predicted octanol–water partition coefficient (Wildman–Crippen LogP) is 3.92. The molecule has 2 N–H and O–H groups in total. The molecule has 0 saturated carbocycles. The van der Waals surface area contributed by atoms with Crippen LogP contribution in [-0.4, -0.2) is 16.7 Å². The number of non-ortho nitro benzene ring substituents is 1. The van der Waals surface area contributed by atoms with Crippen LogP contribution in [0.3, 0.4) is 0 Å². The number of nitro benzene ring substituents is 1. The first kappa shape index (κ1) is 18.2. The summed E-state index contributed by atoms with van der Waals surface area (Å²) >= 11 is 0. The van der Waals surface area contributed by atoms with E-state index < -0.39 is 16.9 Å². The second-order valence-corrected chi connectivity index (χ2v) is 6.37. The molecule has 0 fully saturated rings. The van der Waals surface area contributed by atoms with E-state index >= 15 is 0 Å². The molecule has 1 atom stereocenters. The quantitative estimate of drug-likeness (QED) is 0.519. The van der Waals surface area contributed by atoms with E-state index in [9.17, 15) is 19.7 Å². The molecular weight excluding hydrogens is 374 g/mol. The fourth-order valence-corrected chi connectivity index (χ4v) is 3.00. The predicted molar refractivity (Wildman–Crippen MR) is 106 cm³/mol. The lowest BCUT2D eigenvalue weighted by Gasteiger charge is -2.26. The highest BCUT2D eigenvalue weighted by molar-refractivity contribution is 6.05. The lowest BCUT2D eigenvalue weighted by molar-refractivity contribution is -0.384. The van der Waals surface area contributed by atoms with Crippen molar-refractivity contribution in [2.45, 2.75) is 6.10 Å². The van der Waals surface area contributed by atoms with Gasteiger partial charge in [-0.05, 0) is 24.3 Å². The third-order valence-corrected chi connectivity index (χ3v) is 4.40. The minimum absolute atomic E-state index is 0.154. The molecule has 0 radical (unpaired) electrons. The van der Waals surface area contributed by atoms with Gasteiger partial charge in [0, 0.05) is 28.9 Å². The summed E-state index contributed by atoms with van der Waals surface area (Å²) in [6, 6.07) is 19.4. The number of nitro groups is 1. The van der Waals surface area contributed by atoms with Gasteiger partial charge in [-0.1, -0.05) is 36.4 Å². The Morgan fingerprint density at radius 1 is 1.03 bits per heavy atom. The molecule has 8 heteroatoms. The number of carbonyl (C=O) groups excluding carboxylic acids is 2. The van der Waals surface area contributed by atoms with E-state index in [0.29, 0.717) is 17.1 Å². The Labute approximate surface area is 165 Å². The molecule has 2 amide bonds. The van der Waals surface area contributed by atoms with Crippen LogP contribution in [0.2, 0.25) is 0 Å². The average Bonchev–Trinajstić information content (AvgIpc) is 2.74. The highest BCUT2D eigenvalue weighted by Crippen LogP contribution is 2.36. The largest absolute Gasteiger partial charge is 0.474 e. The second kappa shape index (κ2) is 7.43. The molecule has 144 valence electrons. The van der Waals surface area contributed by atoms with Gasteiger partial charge < -0.3 is 15.4 Å². The molecule has 3 aromatic carbocycles. The molecule has 0 saturated heterocycles. The zero-order valence-corrected chi connectivity index (χ0v) is 15.0. The molecule has 0 aromatic heterocycles. The Balaban J connectivity index is 1.53. The summed E-state index contributed by atoms with van der Waals surface area (Å²) in [6.07, 6.45) is -0.756. The van der Waals surface area contributed by atoms with Gasteiger partial charge in [-0.15, -0.1) is 0 Å². The number of benzene rings is 3. The Kier molecular flexibility index (Phi) is 4.66. The highest BCUT2D eigenvalue weighted by atomic mass is 16.6. The van der Waals surface area contributed by atoms with Crippen molar-refractivity contribution in [3.63, 3.8) is 0 Å². The summed E-state index contributed by atoms with van der Waals surface area (Å²) in [5, 5.41) is 16.3.